The third-order valence-electron chi connectivity index (χ3n) is 6.97. The molecule has 0 bridgehead atoms. The van der Waals surface area contributed by atoms with Gasteiger partial charge in [0.05, 0.1) is 12.6 Å². The van der Waals surface area contributed by atoms with E-state index >= 15 is 0 Å². The van der Waals surface area contributed by atoms with Crippen LogP contribution >= 0.6 is 0 Å². The summed E-state index contributed by atoms with van der Waals surface area (Å²) in [6.07, 6.45) is 36.7. The highest BCUT2D eigenvalue weighted by molar-refractivity contribution is 4.72. The smallest absolute Gasteiger partial charge is 0.237 e. The highest BCUT2D eigenvalue weighted by Crippen LogP contribution is 2.16. The molecule has 0 fully saturated rings. The first-order valence-corrected chi connectivity index (χ1v) is 14.3. The Morgan fingerprint density at radius 3 is 1.48 bits per heavy atom. The quantitative estimate of drug-likeness (QED) is 0.120. The Hall–Kier alpha value is -0.790. The third kappa shape index (κ3) is 16.5. The number of hydrogen-bond acceptors (Lipinski definition) is 0. The lowest BCUT2D eigenvalue weighted by Crippen LogP contribution is -2.31. The molecular weight excluding hydrogens is 376 g/mol. The zero-order chi connectivity index (χ0) is 22.4. The molecule has 1 rings (SSSR count). The van der Waals surface area contributed by atoms with Crippen LogP contribution in [0.3, 0.4) is 0 Å². The summed E-state index contributed by atoms with van der Waals surface area (Å²) in [6.45, 7) is 8.17. The van der Waals surface area contributed by atoms with E-state index in [1.165, 1.54) is 141 Å². The van der Waals surface area contributed by atoms with Crippen LogP contribution in [0.2, 0.25) is 0 Å². The normalized spacial score (nSPS) is 12.5. The van der Waals surface area contributed by atoms with Gasteiger partial charge in [0.15, 0.2) is 0 Å². The van der Waals surface area contributed by atoms with Crippen LogP contribution in [-0.2, 0) is 6.54 Å². The first kappa shape index (κ1) is 28.2. The molecule has 1 unspecified atom stereocenters. The molecule has 0 aliphatic carbocycles. The minimum Gasteiger partial charge on any atom is -0.237 e. The lowest BCUT2D eigenvalue weighted by Gasteiger charge is -2.08. The molecule has 1 heterocycles. The summed E-state index contributed by atoms with van der Waals surface area (Å²) < 4.78 is 4.84. The molecule has 31 heavy (non-hydrogen) atoms. The number of aryl methyl sites for hydroxylation is 1. The molecule has 0 saturated heterocycles. The average Bonchev–Trinajstić information content (AvgIpc) is 3.25. The third-order valence-corrected chi connectivity index (χ3v) is 6.97. The van der Waals surface area contributed by atoms with E-state index in [9.17, 15) is 0 Å². The second kappa shape index (κ2) is 21.1. The minimum absolute atomic E-state index is 0.642. The number of nitrogens with zero attached hydrogens (tertiary/aromatic N) is 2. The molecule has 0 N–H and O–H groups in total. The van der Waals surface area contributed by atoms with Crippen molar-refractivity contribution in [2.75, 3.05) is 0 Å². The van der Waals surface area contributed by atoms with Crippen molar-refractivity contribution in [2.45, 2.75) is 168 Å². The van der Waals surface area contributed by atoms with Crippen molar-refractivity contribution in [3.63, 3.8) is 0 Å². The van der Waals surface area contributed by atoms with E-state index in [4.69, 9.17) is 0 Å². The summed E-state index contributed by atoms with van der Waals surface area (Å²) in [5.41, 5.74) is 0. The number of unbranched alkanes of at least 4 members (excludes halogenated alkanes) is 18. The van der Waals surface area contributed by atoms with Crippen molar-refractivity contribution in [1.82, 2.24) is 4.57 Å². The van der Waals surface area contributed by atoms with Crippen molar-refractivity contribution < 1.29 is 4.57 Å². The van der Waals surface area contributed by atoms with Gasteiger partial charge in [-0.15, -0.1) is 0 Å². The predicted molar refractivity (Wildman–Crippen MR) is 138 cm³/mol. The second-order valence-electron chi connectivity index (χ2n) is 10.1. The largest absolute Gasteiger partial charge is 0.243 e. The Bertz CT molecular complexity index is 479. The van der Waals surface area contributed by atoms with E-state index in [0.29, 0.717) is 6.04 Å². The van der Waals surface area contributed by atoms with Crippen molar-refractivity contribution in [2.24, 2.45) is 0 Å². The van der Waals surface area contributed by atoms with Crippen LogP contribution in [0.5, 0.6) is 0 Å². The maximum Gasteiger partial charge on any atom is 0.243 e. The first-order valence-electron chi connectivity index (χ1n) is 14.3. The number of imidazole rings is 1. The van der Waals surface area contributed by atoms with Crippen molar-refractivity contribution in [3.8, 4) is 0 Å². The van der Waals surface area contributed by atoms with Gasteiger partial charge in [0.2, 0.25) is 6.33 Å². The van der Waals surface area contributed by atoms with Crippen LogP contribution in [0.25, 0.3) is 0 Å². The van der Waals surface area contributed by atoms with Crippen LogP contribution in [0.4, 0.5) is 0 Å². The van der Waals surface area contributed by atoms with Gasteiger partial charge < -0.3 is 0 Å². The zero-order valence-electron chi connectivity index (χ0n) is 21.8. The molecule has 182 valence electrons. The number of aromatic nitrogens is 2. The van der Waals surface area contributed by atoms with Crippen LogP contribution in [-0.4, -0.2) is 4.57 Å². The van der Waals surface area contributed by atoms with E-state index in [-0.39, 0.29) is 0 Å². The molecule has 2 heteroatoms. The fourth-order valence-electron chi connectivity index (χ4n) is 4.66. The summed E-state index contributed by atoms with van der Waals surface area (Å²) in [5.74, 6) is 0. The Morgan fingerprint density at radius 1 is 0.581 bits per heavy atom. The van der Waals surface area contributed by atoms with Crippen LogP contribution in [0.1, 0.15) is 162 Å². The monoisotopic (exact) mass is 433 g/mol. The van der Waals surface area contributed by atoms with Gasteiger partial charge in [0, 0.05) is 0 Å². The Kier molecular flexibility index (Phi) is 19.2. The van der Waals surface area contributed by atoms with E-state index in [1.54, 1.807) is 0 Å². The lowest BCUT2D eigenvalue weighted by atomic mass is 10.1. The van der Waals surface area contributed by atoms with Crippen molar-refractivity contribution >= 4 is 0 Å². The van der Waals surface area contributed by atoms with E-state index < -0.39 is 0 Å². The van der Waals surface area contributed by atoms with Gasteiger partial charge in [-0.2, -0.15) is 0 Å². The SMILES string of the molecule is CCCCCCCCCCCCCC[n+]1ccn(C(C)CCCCCCCCCC)c1. The van der Waals surface area contributed by atoms with Crippen LogP contribution in [0, 0.1) is 0 Å². The van der Waals surface area contributed by atoms with E-state index in [2.05, 4.69) is 48.6 Å². The summed E-state index contributed by atoms with van der Waals surface area (Å²) in [4.78, 5) is 0. The fourth-order valence-corrected chi connectivity index (χ4v) is 4.66. The van der Waals surface area contributed by atoms with Gasteiger partial charge in [-0.05, 0) is 32.6 Å². The van der Waals surface area contributed by atoms with Gasteiger partial charge >= 0.3 is 0 Å². The van der Waals surface area contributed by atoms with Gasteiger partial charge in [-0.25, -0.2) is 9.13 Å². The minimum atomic E-state index is 0.642. The lowest BCUT2D eigenvalue weighted by molar-refractivity contribution is -0.697. The zero-order valence-corrected chi connectivity index (χ0v) is 21.8. The molecule has 0 saturated carbocycles. The molecule has 1 atom stereocenters. The standard InChI is InChI=1S/C29H57N2/c1-4-6-8-10-12-14-15-16-17-19-21-23-25-30-26-27-31(28-30)29(3)24-22-20-18-13-11-9-7-5-2/h26-29H,4-25H2,1-3H3/q+1. The topological polar surface area (TPSA) is 8.81 Å². The Labute approximate surface area is 196 Å². The van der Waals surface area contributed by atoms with Gasteiger partial charge in [-0.1, -0.05) is 123 Å². The van der Waals surface area contributed by atoms with Crippen molar-refractivity contribution in [3.05, 3.63) is 18.7 Å². The molecule has 1 aromatic heterocycles. The molecule has 1 aromatic rings. The first-order chi connectivity index (χ1) is 15.3. The second-order valence-corrected chi connectivity index (χ2v) is 10.1. The summed E-state index contributed by atoms with van der Waals surface area (Å²) in [5, 5.41) is 0. The molecule has 0 radical (unpaired) electrons. The van der Waals surface area contributed by atoms with E-state index in [1.807, 2.05) is 0 Å². The molecular formula is C29H57N2+. The predicted octanol–water partition coefficient (Wildman–Crippen LogP) is 9.57. The number of hydrogen-bond donors (Lipinski definition) is 0. The molecule has 0 aromatic carbocycles. The molecule has 0 spiro atoms. The molecule has 2 nitrogen and oxygen atoms in total. The highest BCUT2D eigenvalue weighted by atomic mass is 15.1. The fraction of sp³-hybridized carbons (Fsp3) is 0.897. The molecule has 0 aliphatic rings. The summed E-state index contributed by atoms with van der Waals surface area (Å²) in [6, 6.07) is 0.642. The maximum absolute atomic E-state index is 2.43. The van der Waals surface area contributed by atoms with Crippen LogP contribution in [0.15, 0.2) is 18.7 Å². The molecule has 0 aliphatic heterocycles. The molecule has 0 amide bonds. The Morgan fingerprint density at radius 2 is 1.00 bits per heavy atom. The van der Waals surface area contributed by atoms with Gasteiger partial charge in [0.25, 0.3) is 0 Å². The summed E-state index contributed by atoms with van der Waals surface area (Å²) >= 11 is 0. The van der Waals surface area contributed by atoms with E-state index in [0.717, 1.165) is 0 Å². The average molecular weight is 434 g/mol. The van der Waals surface area contributed by atoms with Gasteiger partial charge in [0.1, 0.15) is 12.4 Å². The van der Waals surface area contributed by atoms with Gasteiger partial charge in [-0.3, -0.25) is 0 Å². The highest BCUT2D eigenvalue weighted by Gasteiger charge is 2.11. The van der Waals surface area contributed by atoms with Crippen LogP contribution < -0.4 is 4.57 Å². The summed E-state index contributed by atoms with van der Waals surface area (Å²) in [7, 11) is 0. The van der Waals surface area contributed by atoms with Crippen molar-refractivity contribution in [1.29, 1.82) is 0 Å². The number of rotatable bonds is 23. The Balaban J connectivity index is 1.95. The maximum atomic E-state index is 2.43.